The van der Waals surface area contributed by atoms with Gasteiger partial charge in [0.15, 0.2) is 5.96 Å². The number of hydrogen-bond donors (Lipinski definition) is 2. The Morgan fingerprint density at radius 2 is 2.37 bits per heavy atom. The number of nitrogens with zero attached hydrogens (tertiary/aromatic N) is 2. The molecule has 102 valence electrons. The molecule has 1 aromatic rings. The highest BCUT2D eigenvalue weighted by Crippen LogP contribution is 2.38. The minimum absolute atomic E-state index is 0.0000154. The molecule has 1 spiro atoms. The summed E-state index contributed by atoms with van der Waals surface area (Å²) >= 11 is 6.12. The third kappa shape index (κ3) is 1.99. The Bertz CT molecular complexity index is 516. The second-order valence-electron chi connectivity index (χ2n) is 5.45. The number of halogens is 1. The molecule has 2 aliphatic rings. The highest BCUT2D eigenvalue weighted by molar-refractivity contribution is 6.31. The van der Waals surface area contributed by atoms with E-state index in [4.69, 9.17) is 17.3 Å². The molecule has 19 heavy (non-hydrogen) atoms. The number of anilines is 1. The van der Waals surface area contributed by atoms with Gasteiger partial charge in [-0.2, -0.15) is 0 Å². The van der Waals surface area contributed by atoms with Crippen molar-refractivity contribution in [3.05, 3.63) is 29.3 Å². The normalized spacial score (nSPS) is 30.7. The van der Waals surface area contributed by atoms with Crippen molar-refractivity contribution < 1.29 is 0 Å². The smallest absolute Gasteiger partial charge is 0.196 e. The van der Waals surface area contributed by atoms with Crippen LogP contribution in [0.2, 0.25) is 5.02 Å². The van der Waals surface area contributed by atoms with Gasteiger partial charge in [-0.25, -0.2) is 0 Å². The van der Waals surface area contributed by atoms with E-state index in [1.807, 2.05) is 18.2 Å². The van der Waals surface area contributed by atoms with E-state index in [-0.39, 0.29) is 5.54 Å². The first-order valence-corrected chi connectivity index (χ1v) is 7.08. The lowest BCUT2D eigenvalue weighted by atomic mass is 9.78. The molecule has 0 aliphatic carbocycles. The number of rotatable bonds is 1. The molecule has 3 rings (SSSR count). The van der Waals surface area contributed by atoms with Crippen LogP contribution in [0.3, 0.4) is 0 Å². The lowest BCUT2D eigenvalue weighted by molar-refractivity contribution is 0.240. The summed E-state index contributed by atoms with van der Waals surface area (Å²) in [4.78, 5) is 6.69. The average molecular weight is 279 g/mol. The Morgan fingerprint density at radius 3 is 3.11 bits per heavy atom. The molecule has 2 aliphatic heterocycles. The molecule has 0 aromatic heterocycles. The van der Waals surface area contributed by atoms with Crippen molar-refractivity contribution in [1.82, 2.24) is 5.32 Å². The summed E-state index contributed by atoms with van der Waals surface area (Å²) in [5.74, 6) is 1.10. The van der Waals surface area contributed by atoms with Gasteiger partial charge < -0.3 is 16.0 Å². The Labute approximate surface area is 118 Å². The zero-order valence-electron chi connectivity index (χ0n) is 11.1. The predicted molar refractivity (Wildman–Crippen MR) is 79.8 cm³/mol. The molecule has 4 nitrogen and oxygen atoms in total. The van der Waals surface area contributed by atoms with Crippen molar-refractivity contribution >= 4 is 23.2 Å². The molecule has 2 heterocycles. The zero-order valence-corrected chi connectivity index (χ0v) is 11.8. The van der Waals surface area contributed by atoms with Gasteiger partial charge in [0.25, 0.3) is 0 Å². The second kappa shape index (κ2) is 4.69. The molecule has 0 amide bonds. The fraction of sp³-hybridized carbons (Fsp3) is 0.500. The van der Waals surface area contributed by atoms with Crippen LogP contribution in [0, 0.1) is 5.92 Å². The Hall–Kier alpha value is -1.26. The van der Waals surface area contributed by atoms with Crippen molar-refractivity contribution in [2.24, 2.45) is 16.6 Å². The van der Waals surface area contributed by atoms with Crippen LogP contribution in [0.5, 0.6) is 0 Å². The number of aliphatic imine (C=N–C) groups is 1. The SMILES string of the molecule is CC1CNCCC12CN=C(N)N2c1cccc(Cl)c1. The standard InChI is InChI=1S/C14H19ClN4/c1-10-8-17-6-5-14(10)9-18-13(16)19(14)12-4-2-3-11(15)7-12/h2-4,7,10,17H,5-6,8-9H2,1H3,(H2,16,18). The van der Waals surface area contributed by atoms with Crippen LogP contribution in [0.25, 0.3) is 0 Å². The van der Waals surface area contributed by atoms with Gasteiger partial charge in [0.05, 0.1) is 12.1 Å². The first-order valence-electron chi connectivity index (χ1n) is 6.70. The quantitative estimate of drug-likeness (QED) is 0.824. The lowest BCUT2D eigenvalue weighted by Crippen LogP contribution is -2.61. The largest absolute Gasteiger partial charge is 0.369 e. The van der Waals surface area contributed by atoms with E-state index in [1.54, 1.807) is 0 Å². The molecule has 2 unspecified atom stereocenters. The first-order chi connectivity index (χ1) is 9.13. The minimum atomic E-state index is 0.0000154. The Kier molecular flexibility index (Phi) is 3.15. The van der Waals surface area contributed by atoms with Gasteiger partial charge in [-0.3, -0.25) is 4.99 Å². The molecule has 0 saturated carbocycles. The summed E-state index contributed by atoms with van der Waals surface area (Å²) in [7, 11) is 0. The van der Waals surface area contributed by atoms with Gasteiger partial charge in [-0.15, -0.1) is 0 Å². The third-order valence-electron chi connectivity index (χ3n) is 4.36. The van der Waals surface area contributed by atoms with Crippen LogP contribution >= 0.6 is 11.6 Å². The predicted octanol–water partition coefficient (Wildman–Crippen LogP) is 1.84. The van der Waals surface area contributed by atoms with Crippen molar-refractivity contribution in [2.45, 2.75) is 18.9 Å². The highest BCUT2D eigenvalue weighted by Gasteiger charge is 2.48. The monoisotopic (exact) mass is 278 g/mol. The van der Waals surface area contributed by atoms with E-state index in [2.05, 4.69) is 28.2 Å². The van der Waals surface area contributed by atoms with Crippen LogP contribution < -0.4 is 16.0 Å². The van der Waals surface area contributed by atoms with Crippen molar-refractivity contribution in [3.63, 3.8) is 0 Å². The Morgan fingerprint density at radius 1 is 1.53 bits per heavy atom. The zero-order chi connectivity index (χ0) is 13.5. The molecule has 0 bridgehead atoms. The maximum absolute atomic E-state index is 6.14. The number of guanidine groups is 1. The summed E-state index contributed by atoms with van der Waals surface area (Å²) in [5, 5.41) is 4.17. The van der Waals surface area contributed by atoms with E-state index in [0.717, 1.165) is 36.8 Å². The Balaban J connectivity index is 2.03. The van der Waals surface area contributed by atoms with Gasteiger partial charge in [0.2, 0.25) is 0 Å². The van der Waals surface area contributed by atoms with Gasteiger partial charge in [0.1, 0.15) is 0 Å². The summed E-state index contributed by atoms with van der Waals surface area (Å²) in [6, 6.07) is 7.86. The highest BCUT2D eigenvalue weighted by atomic mass is 35.5. The van der Waals surface area contributed by atoms with Crippen molar-refractivity contribution in [3.8, 4) is 0 Å². The maximum atomic E-state index is 6.14. The van der Waals surface area contributed by atoms with Crippen LogP contribution in [0.1, 0.15) is 13.3 Å². The number of nitrogens with one attached hydrogen (secondary N) is 1. The van der Waals surface area contributed by atoms with Gasteiger partial charge in [0, 0.05) is 17.3 Å². The van der Waals surface area contributed by atoms with Gasteiger partial charge in [-0.1, -0.05) is 24.6 Å². The molecule has 0 radical (unpaired) electrons. The average Bonchev–Trinajstić information content (AvgIpc) is 2.71. The summed E-state index contributed by atoms with van der Waals surface area (Å²) in [6.07, 6.45) is 1.05. The first kappa shape index (κ1) is 12.8. The van der Waals surface area contributed by atoms with E-state index in [9.17, 15) is 0 Å². The molecule has 1 aromatic carbocycles. The summed E-state index contributed by atoms with van der Waals surface area (Å²) in [5.41, 5.74) is 7.18. The molecular weight excluding hydrogens is 260 g/mol. The van der Waals surface area contributed by atoms with Gasteiger partial charge >= 0.3 is 0 Å². The van der Waals surface area contributed by atoms with Gasteiger partial charge in [-0.05, 0) is 37.1 Å². The molecule has 3 N–H and O–H groups in total. The molecule has 2 atom stereocenters. The molecule has 1 saturated heterocycles. The maximum Gasteiger partial charge on any atom is 0.196 e. The summed E-state index contributed by atoms with van der Waals surface area (Å²) < 4.78 is 0. The molecular formula is C14H19ClN4. The number of nitrogens with two attached hydrogens (primary N) is 1. The second-order valence-corrected chi connectivity index (χ2v) is 5.88. The molecule has 1 fully saturated rings. The van der Waals surface area contributed by atoms with Crippen molar-refractivity contribution in [2.75, 3.05) is 24.5 Å². The number of piperidine rings is 1. The molecule has 5 heteroatoms. The lowest BCUT2D eigenvalue weighted by Gasteiger charge is -2.46. The summed E-state index contributed by atoms with van der Waals surface area (Å²) in [6.45, 7) is 5.04. The third-order valence-corrected chi connectivity index (χ3v) is 4.59. The van der Waals surface area contributed by atoms with Crippen LogP contribution in [-0.4, -0.2) is 31.1 Å². The van der Waals surface area contributed by atoms with E-state index < -0.39 is 0 Å². The van der Waals surface area contributed by atoms with E-state index in [1.165, 1.54) is 0 Å². The van der Waals surface area contributed by atoms with E-state index >= 15 is 0 Å². The number of hydrogen-bond acceptors (Lipinski definition) is 4. The van der Waals surface area contributed by atoms with E-state index in [0.29, 0.717) is 11.9 Å². The fourth-order valence-corrected chi connectivity index (χ4v) is 3.40. The number of benzene rings is 1. The minimum Gasteiger partial charge on any atom is -0.369 e. The van der Waals surface area contributed by atoms with Crippen molar-refractivity contribution in [1.29, 1.82) is 0 Å². The fourth-order valence-electron chi connectivity index (χ4n) is 3.22. The van der Waals surface area contributed by atoms with Crippen LogP contribution in [-0.2, 0) is 0 Å². The van der Waals surface area contributed by atoms with Crippen LogP contribution in [0.4, 0.5) is 5.69 Å². The topological polar surface area (TPSA) is 53.6 Å². The van der Waals surface area contributed by atoms with Crippen LogP contribution in [0.15, 0.2) is 29.3 Å².